The van der Waals surface area contributed by atoms with Crippen molar-refractivity contribution in [3.8, 4) is 0 Å². The molecule has 2 aromatic rings. The molecule has 24 heavy (non-hydrogen) atoms. The van der Waals surface area contributed by atoms with E-state index in [1.54, 1.807) is 24.3 Å². The normalized spacial score (nSPS) is 11.3. The Labute approximate surface area is 143 Å². The smallest absolute Gasteiger partial charge is 0.241 e. The molecule has 1 amide bonds. The van der Waals surface area contributed by atoms with Crippen molar-refractivity contribution < 1.29 is 13.2 Å². The predicted octanol–water partition coefficient (Wildman–Crippen LogP) is 2.78. The van der Waals surface area contributed by atoms with E-state index < -0.39 is 15.9 Å². The summed E-state index contributed by atoms with van der Waals surface area (Å²) in [7, 11) is -3.70. The summed E-state index contributed by atoms with van der Waals surface area (Å²) in [6.07, 6.45) is 0.839. The van der Waals surface area contributed by atoms with Crippen molar-refractivity contribution >= 4 is 21.6 Å². The predicted molar refractivity (Wildman–Crippen MR) is 95.6 cm³/mol. The Balaban J connectivity index is 2.02. The molecule has 2 rings (SSSR count). The van der Waals surface area contributed by atoms with Gasteiger partial charge in [0.15, 0.2) is 0 Å². The highest BCUT2D eigenvalue weighted by Crippen LogP contribution is 2.19. The van der Waals surface area contributed by atoms with Crippen molar-refractivity contribution in [3.05, 3.63) is 59.2 Å². The number of sulfonamides is 1. The minimum atomic E-state index is -3.70. The van der Waals surface area contributed by atoms with Gasteiger partial charge < -0.3 is 5.32 Å². The molecule has 0 aliphatic carbocycles. The van der Waals surface area contributed by atoms with E-state index in [0.717, 1.165) is 23.1 Å². The fourth-order valence-corrected chi connectivity index (χ4v) is 3.33. The van der Waals surface area contributed by atoms with Gasteiger partial charge in [-0.15, -0.1) is 0 Å². The molecule has 5 nitrogen and oxygen atoms in total. The van der Waals surface area contributed by atoms with Gasteiger partial charge in [-0.05, 0) is 49.1 Å². The highest BCUT2D eigenvalue weighted by molar-refractivity contribution is 7.89. The first kappa shape index (κ1) is 18.2. The highest BCUT2D eigenvalue weighted by Gasteiger charge is 2.16. The van der Waals surface area contributed by atoms with E-state index in [-0.39, 0.29) is 11.4 Å². The lowest BCUT2D eigenvalue weighted by atomic mass is 10.1. The summed E-state index contributed by atoms with van der Waals surface area (Å²) in [4.78, 5) is 12.2. The van der Waals surface area contributed by atoms with Crippen LogP contribution < -0.4 is 10.0 Å². The average molecular weight is 346 g/mol. The lowest BCUT2D eigenvalue weighted by molar-refractivity contribution is -0.115. The van der Waals surface area contributed by atoms with Crippen LogP contribution >= 0.6 is 0 Å². The molecule has 0 fully saturated rings. The van der Waals surface area contributed by atoms with Gasteiger partial charge in [0.25, 0.3) is 0 Å². The molecule has 0 unspecified atom stereocenters. The molecule has 0 aliphatic heterocycles. The molecule has 0 spiro atoms. The van der Waals surface area contributed by atoms with Crippen LogP contribution in [0.15, 0.2) is 47.4 Å². The Kier molecular flexibility index (Phi) is 5.75. The summed E-state index contributed by atoms with van der Waals surface area (Å²) in [5, 5.41) is 2.75. The Hall–Kier alpha value is -2.18. The summed E-state index contributed by atoms with van der Waals surface area (Å²) in [5.74, 6) is -0.402. The van der Waals surface area contributed by atoms with Gasteiger partial charge in [0.2, 0.25) is 15.9 Å². The maximum absolute atomic E-state index is 12.2. The highest BCUT2D eigenvalue weighted by atomic mass is 32.2. The summed E-state index contributed by atoms with van der Waals surface area (Å²) in [5.41, 5.74) is 3.64. The SMILES string of the molecule is CCc1ccc(S(=O)(=O)NCC(=O)Nc2c(C)cccc2C)cc1. The topological polar surface area (TPSA) is 75.3 Å². The monoisotopic (exact) mass is 346 g/mol. The molecule has 2 N–H and O–H groups in total. The van der Waals surface area contributed by atoms with Crippen LogP contribution in [-0.4, -0.2) is 20.9 Å². The van der Waals surface area contributed by atoms with E-state index >= 15 is 0 Å². The van der Waals surface area contributed by atoms with Crippen LogP contribution in [-0.2, 0) is 21.2 Å². The third-order valence-electron chi connectivity index (χ3n) is 3.81. The Morgan fingerprint density at radius 2 is 1.58 bits per heavy atom. The van der Waals surface area contributed by atoms with Crippen molar-refractivity contribution in [2.24, 2.45) is 0 Å². The fourth-order valence-electron chi connectivity index (χ4n) is 2.34. The number of amides is 1. The molecule has 6 heteroatoms. The van der Waals surface area contributed by atoms with Crippen LogP contribution in [0.4, 0.5) is 5.69 Å². The molecule has 0 aliphatic rings. The summed E-state index contributed by atoms with van der Waals surface area (Å²) < 4.78 is 26.8. The van der Waals surface area contributed by atoms with E-state index in [0.29, 0.717) is 5.69 Å². The number of hydrogen-bond acceptors (Lipinski definition) is 3. The number of para-hydroxylation sites is 1. The van der Waals surface area contributed by atoms with Crippen molar-refractivity contribution in [1.29, 1.82) is 0 Å². The number of nitrogens with one attached hydrogen (secondary N) is 2. The minimum Gasteiger partial charge on any atom is -0.324 e. The van der Waals surface area contributed by atoms with Crippen LogP contribution in [0.2, 0.25) is 0 Å². The Morgan fingerprint density at radius 3 is 2.12 bits per heavy atom. The van der Waals surface area contributed by atoms with Gasteiger partial charge in [0, 0.05) is 5.69 Å². The first-order valence-corrected chi connectivity index (χ1v) is 9.26. The lowest BCUT2D eigenvalue weighted by Crippen LogP contribution is -2.33. The van der Waals surface area contributed by atoms with E-state index in [1.165, 1.54) is 0 Å². The standard InChI is InChI=1S/C18H22N2O3S/c1-4-15-8-10-16(11-9-15)24(22,23)19-12-17(21)20-18-13(2)6-5-7-14(18)3/h5-11,19H,4,12H2,1-3H3,(H,20,21). The second-order valence-electron chi connectivity index (χ2n) is 5.64. The van der Waals surface area contributed by atoms with Crippen molar-refractivity contribution in [2.45, 2.75) is 32.1 Å². The number of rotatable bonds is 6. The van der Waals surface area contributed by atoms with Gasteiger partial charge in [0.1, 0.15) is 0 Å². The zero-order valence-electron chi connectivity index (χ0n) is 14.1. The van der Waals surface area contributed by atoms with Gasteiger partial charge in [-0.3, -0.25) is 4.79 Å². The second-order valence-corrected chi connectivity index (χ2v) is 7.40. The zero-order chi connectivity index (χ0) is 17.7. The largest absolute Gasteiger partial charge is 0.324 e. The Morgan fingerprint density at radius 1 is 1.00 bits per heavy atom. The summed E-state index contributed by atoms with van der Waals surface area (Å²) in [6, 6.07) is 12.3. The van der Waals surface area contributed by atoms with Gasteiger partial charge in [0.05, 0.1) is 11.4 Å². The van der Waals surface area contributed by atoms with Crippen LogP contribution in [0.3, 0.4) is 0 Å². The first-order valence-electron chi connectivity index (χ1n) is 7.78. The van der Waals surface area contributed by atoms with E-state index in [4.69, 9.17) is 0 Å². The third kappa shape index (κ3) is 4.43. The molecule has 128 valence electrons. The lowest BCUT2D eigenvalue weighted by Gasteiger charge is -2.12. The molecule has 0 aromatic heterocycles. The molecule has 0 saturated heterocycles. The molecule has 0 bridgehead atoms. The second kappa shape index (κ2) is 7.59. The fraction of sp³-hybridized carbons (Fsp3) is 0.278. The maximum Gasteiger partial charge on any atom is 0.241 e. The number of anilines is 1. The summed E-state index contributed by atoms with van der Waals surface area (Å²) >= 11 is 0. The maximum atomic E-state index is 12.2. The third-order valence-corrected chi connectivity index (χ3v) is 5.23. The van der Waals surface area contributed by atoms with Gasteiger partial charge in [-0.25, -0.2) is 13.1 Å². The molecule has 0 atom stereocenters. The first-order chi connectivity index (χ1) is 11.3. The quantitative estimate of drug-likeness (QED) is 0.844. The van der Waals surface area contributed by atoms with Crippen LogP contribution in [0.1, 0.15) is 23.6 Å². The molecule has 0 heterocycles. The molecular weight excluding hydrogens is 324 g/mol. The van der Waals surface area contributed by atoms with Gasteiger partial charge in [-0.2, -0.15) is 0 Å². The Bertz CT molecular complexity index is 808. The summed E-state index contributed by atoms with van der Waals surface area (Å²) in [6.45, 7) is 5.47. The van der Waals surface area contributed by atoms with Crippen LogP contribution in [0, 0.1) is 13.8 Å². The van der Waals surface area contributed by atoms with E-state index in [2.05, 4.69) is 10.0 Å². The van der Waals surface area contributed by atoms with E-state index in [1.807, 2.05) is 39.0 Å². The number of hydrogen-bond donors (Lipinski definition) is 2. The molecular formula is C18H22N2O3S. The number of benzene rings is 2. The molecule has 0 radical (unpaired) electrons. The number of carbonyl (C=O) groups is 1. The molecule has 2 aromatic carbocycles. The van der Waals surface area contributed by atoms with Gasteiger partial charge in [-0.1, -0.05) is 37.3 Å². The minimum absolute atomic E-state index is 0.152. The van der Waals surface area contributed by atoms with Crippen molar-refractivity contribution in [3.63, 3.8) is 0 Å². The average Bonchev–Trinajstić information content (AvgIpc) is 2.56. The molecule has 0 saturated carbocycles. The van der Waals surface area contributed by atoms with Gasteiger partial charge >= 0.3 is 0 Å². The van der Waals surface area contributed by atoms with Crippen molar-refractivity contribution in [2.75, 3.05) is 11.9 Å². The van der Waals surface area contributed by atoms with Crippen molar-refractivity contribution in [1.82, 2.24) is 4.72 Å². The zero-order valence-corrected chi connectivity index (χ0v) is 14.9. The number of carbonyl (C=O) groups excluding carboxylic acids is 1. The number of aryl methyl sites for hydroxylation is 3. The van der Waals surface area contributed by atoms with Crippen LogP contribution in [0.5, 0.6) is 0 Å². The van der Waals surface area contributed by atoms with Crippen LogP contribution in [0.25, 0.3) is 0 Å². The van der Waals surface area contributed by atoms with E-state index in [9.17, 15) is 13.2 Å².